The first-order valence-electron chi connectivity index (χ1n) is 8.11. The van der Waals surface area contributed by atoms with Crippen LogP contribution in [0.25, 0.3) is 0 Å². The van der Waals surface area contributed by atoms with Crippen LogP contribution in [0.2, 0.25) is 0 Å². The Hall–Kier alpha value is -1.73. The molecule has 2 N–H and O–H groups in total. The van der Waals surface area contributed by atoms with Crippen molar-refractivity contribution in [3.8, 4) is 5.75 Å². The topological polar surface area (TPSA) is 61.8 Å². The first kappa shape index (κ1) is 18.6. The van der Waals surface area contributed by atoms with Gasteiger partial charge in [0.15, 0.2) is 0 Å². The number of halogens is 2. The largest absolute Gasteiger partial charge is 0.435 e. The lowest BCUT2D eigenvalue weighted by atomic mass is 10.0. The van der Waals surface area contributed by atoms with Gasteiger partial charge in [0, 0.05) is 12.2 Å². The number of amides is 1. The van der Waals surface area contributed by atoms with Gasteiger partial charge in [0.25, 0.3) is 0 Å². The van der Waals surface area contributed by atoms with Crippen LogP contribution in [0.1, 0.15) is 26.2 Å². The molecule has 1 aliphatic carbocycles. The molecule has 1 aliphatic rings. The molecule has 2 rings (SSSR count). The van der Waals surface area contributed by atoms with Crippen LogP contribution in [-0.2, 0) is 4.79 Å². The zero-order chi connectivity index (χ0) is 17.7. The van der Waals surface area contributed by atoms with Crippen LogP contribution in [0.5, 0.6) is 5.75 Å². The van der Waals surface area contributed by atoms with Crippen molar-refractivity contribution in [2.45, 2.75) is 44.9 Å². The summed E-state index contributed by atoms with van der Waals surface area (Å²) in [4.78, 5) is 14.2. The van der Waals surface area contributed by atoms with Crippen molar-refractivity contribution >= 4 is 11.6 Å². The lowest BCUT2D eigenvalue weighted by Crippen LogP contribution is -2.43. The SMILES string of the molecule is CC(C(=O)Nc1ccc(OC(F)F)cc1)N(C)CC1CCCC1O. The monoisotopic (exact) mass is 342 g/mol. The first-order valence-corrected chi connectivity index (χ1v) is 8.11. The summed E-state index contributed by atoms with van der Waals surface area (Å²) in [6.07, 6.45) is 2.54. The third kappa shape index (κ3) is 5.14. The number of carbonyl (C=O) groups excluding carboxylic acids is 1. The van der Waals surface area contributed by atoms with Crippen LogP contribution < -0.4 is 10.1 Å². The maximum atomic E-state index is 12.3. The molecule has 1 fully saturated rings. The second-order valence-electron chi connectivity index (χ2n) is 6.27. The lowest BCUT2D eigenvalue weighted by molar-refractivity contribution is -0.120. The zero-order valence-electron chi connectivity index (χ0n) is 13.9. The van der Waals surface area contributed by atoms with E-state index in [2.05, 4.69) is 10.1 Å². The van der Waals surface area contributed by atoms with Gasteiger partial charge in [-0.05, 0) is 57.0 Å². The van der Waals surface area contributed by atoms with Gasteiger partial charge in [-0.25, -0.2) is 0 Å². The molecule has 1 aromatic carbocycles. The summed E-state index contributed by atoms with van der Waals surface area (Å²) in [5.74, 6) is 0.0620. The van der Waals surface area contributed by atoms with Gasteiger partial charge in [0.1, 0.15) is 5.75 Å². The van der Waals surface area contributed by atoms with E-state index in [0.717, 1.165) is 19.3 Å². The van der Waals surface area contributed by atoms with Crippen LogP contribution >= 0.6 is 0 Å². The van der Waals surface area contributed by atoms with Crippen LogP contribution in [0.4, 0.5) is 14.5 Å². The molecule has 0 spiro atoms. The highest BCUT2D eigenvalue weighted by molar-refractivity contribution is 5.94. The molecule has 1 amide bonds. The number of aliphatic hydroxyl groups is 1. The predicted octanol–water partition coefficient (Wildman–Crippen LogP) is 2.71. The average Bonchev–Trinajstić information content (AvgIpc) is 2.93. The maximum Gasteiger partial charge on any atom is 0.387 e. The Morgan fingerprint density at radius 1 is 1.38 bits per heavy atom. The summed E-state index contributed by atoms with van der Waals surface area (Å²) in [6, 6.07) is 5.43. The van der Waals surface area contributed by atoms with E-state index < -0.39 is 6.61 Å². The summed E-state index contributed by atoms with van der Waals surface area (Å²) >= 11 is 0. The molecule has 7 heteroatoms. The zero-order valence-corrected chi connectivity index (χ0v) is 13.9. The molecule has 0 saturated heterocycles. The van der Waals surface area contributed by atoms with E-state index >= 15 is 0 Å². The van der Waals surface area contributed by atoms with E-state index in [1.165, 1.54) is 24.3 Å². The Labute approximate surface area is 140 Å². The van der Waals surface area contributed by atoms with Gasteiger partial charge in [0.05, 0.1) is 12.1 Å². The predicted molar refractivity (Wildman–Crippen MR) is 87.1 cm³/mol. The highest BCUT2D eigenvalue weighted by Crippen LogP contribution is 2.26. The van der Waals surface area contributed by atoms with E-state index in [9.17, 15) is 18.7 Å². The van der Waals surface area contributed by atoms with Gasteiger partial charge in [-0.2, -0.15) is 8.78 Å². The van der Waals surface area contributed by atoms with Crippen LogP contribution in [0.3, 0.4) is 0 Å². The summed E-state index contributed by atoms with van der Waals surface area (Å²) in [7, 11) is 1.86. The van der Waals surface area contributed by atoms with E-state index in [0.29, 0.717) is 12.2 Å². The molecule has 134 valence electrons. The maximum absolute atomic E-state index is 12.3. The number of benzene rings is 1. The Kier molecular flexibility index (Phi) is 6.51. The molecule has 24 heavy (non-hydrogen) atoms. The third-order valence-electron chi connectivity index (χ3n) is 4.53. The molecule has 1 saturated carbocycles. The fourth-order valence-electron chi connectivity index (χ4n) is 2.92. The summed E-state index contributed by atoms with van der Waals surface area (Å²) < 4.78 is 28.5. The van der Waals surface area contributed by atoms with Gasteiger partial charge < -0.3 is 15.2 Å². The summed E-state index contributed by atoms with van der Waals surface area (Å²) in [5, 5.41) is 12.6. The van der Waals surface area contributed by atoms with Crippen LogP contribution in [0, 0.1) is 5.92 Å². The molecule has 0 heterocycles. The lowest BCUT2D eigenvalue weighted by Gasteiger charge is -2.27. The Morgan fingerprint density at radius 3 is 2.58 bits per heavy atom. The number of rotatable bonds is 7. The molecule has 0 bridgehead atoms. The normalized spacial score (nSPS) is 22.0. The smallest absolute Gasteiger partial charge is 0.387 e. The van der Waals surface area contributed by atoms with Gasteiger partial charge >= 0.3 is 6.61 Å². The molecule has 1 aromatic rings. The molecular weight excluding hydrogens is 318 g/mol. The van der Waals surface area contributed by atoms with Crippen LogP contribution in [0.15, 0.2) is 24.3 Å². The second kappa shape index (κ2) is 8.39. The summed E-state index contributed by atoms with van der Waals surface area (Å²) in [5.41, 5.74) is 0.516. The fourth-order valence-corrected chi connectivity index (χ4v) is 2.92. The van der Waals surface area contributed by atoms with E-state index in [-0.39, 0.29) is 29.7 Å². The number of ether oxygens (including phenoxy) is 1. The van der Waals surface area contributed by atoms with E-state index in [1.54, 1.807) is 6.92 Å². The molecule has 3 atom stereocenters. The first-order chi connectivity index (χ1) is 11.4. The highest BCUT2D eigenvalue weighted by Gasteiger charge is 2.28. The van der Waals surface area contributed by atoms with Crippen molar-refractivity contribution < 1.29 is 23.4 Å². The number of aliphatic hydroxyl groups excluding tert-OH is 1. The second-order valence-corrected chi connectivity index (χ2v) is 6.27. The minimum atomic E-state index is -2.87. The standard InChI is InChI=1S/C17H24F2N2O3/c1-11(21(2)10-12-4-3-5-15(12)22)16(23)20-13-6-8-14(9-7-13)24-17(18)19/h6-9,11-12,15,17,22H,3-5,10H2,1-2H3,(H,20,23). The Morgan fingerprint density at radius 2 is 2.04 bits per heavy atom. The average molecular weight is 342 g/mol. The van der Waals surface area contributed by atoms with Gasteiger partial charge in [-0.3, -0.25) is 9.69 Å². The quantitative estimate of drug-likeness (QED) is 0.800. The van der Waals surface area contributed by atoms with Crippen LogP contribution in [-0.4, -0.2) is 48.3 Å². The minimum absolute atomic E-state index is 0.0448. The van der Waals surface area contributed by atoms with E-state index in [1.807, 2.05) is 11.9 Å². The Bertz CT molecular complexity index is 539. The number of hydrogen-bond acceptors (Lipinski definition) is 4. The number of hydrogen-bond donors (Lipinski definition) is 2. The van der Waals surface area contributed by atoms with Crippen molar-refractivity contribution in [3.05, 3.63) is 24.3 Å². The fraction of sp³-hybridized carbons (Fsp3) is 0.588. The molecule has 5 nitrogen and oxygen atoms in total. The molecule has 3 unspecified atom stereocenters. The van der Waals surface area contributed by atoms with E-state index in [4.69, 9.17) is 0 Å². The number of likely N-dealkylation sites (N-methyl/N-ethyl adjacent to an activating group) is 1. The van der Waals surface area contributed by atoms with Gasteiger partial charge in [-0.1, -0.05) is 6.42 Å². The number of nitrogens with one attached hydrogen (secondary N) is 1. The molecule has 0 aliphatic heterocycles. The number of anilines is 1. The third-order valence-corrected chi connectivity index (χ3v) is 4.53. The molecule has 0 aromatic heterocycles. The van der Waals surface area contributed by atoms with Gasteiger partial charge in [0.2, 0.25) is 5.91 Å². The number of nitrogens with zero attached hydrogens (tertiary/aromatic N) is 1. The number of alkyl halides is 2. The van der Waals surface area contributed by atoms with Gasteiger partial charge in [-0.15, -0.1) is 0 Å². The van der Waals surface area contributed by atoms with Crippen molar-refractivity contribution in [3.63, 3.8) is 0 Å². The summed E-state index contributed by atoms with van der Waals surface area (Å²) in [6.45, 7) is -0.410. The molecular formula is C17H24F2N2O3. The van der Waals surface area contributed by atoms with Crippen molar-refractivity contribution in [2.75, 3.05) is 18.9 Å². The molecule has 0 radical (unpaired) electrons. The van der Waals surface area contributed by atoms with Crippen molar-refractivity contribution in [2.24, 2.45) is 5.92 Å². The highest BCUT2D eigenvalue weighted by atomic mass is 19.3. The number of carbonyl (C=O) groups is 1. The van der Waals surface area contributed by atoms with Crippen molar-refractivity contribution in [1.82, 2.24) is 4.90 Å². The minimum Gasteiger partial charge on any atom is -0.435 e. The van der Waals surface area contributed by atoms with Crippen molar-refractivity contribution in [1.29, 1.82) is 0 Å². The Balaban J connectivity index is 1.86.